The largest absolute Gasteiger partial charge is 0.314 e. The van der Waals surface area contributed by atoms with Gasteiger partial charge in [0.15, 0.2) is 0 Å². The van der Waals surface area contributed by atoms with Gasteiger partial charge in [0.2, 0.25) is 0 Å². The first-order valence-corrected chi connectivity index (χ1v) is 6.94. The molecule has 1 N–H and O–H groups in total. The Labute approximate surface area is 103 Å². The third kappa shape index (κ3) is 3.87. The third-order valence-corrected chi connectivity index (χ3v) is 4.13. The molecular weight excluding hydrogens is 216 g/mol. The molecule has 0 saturated carbocycles. The molecule has 1 heterocycles. The van der Waals surface area contributed by atoms with E-state index in [0.29, 0.717) is 17.4 Å². The highest BCUT2D eigenvalue weighted by atomic mass is 32.1. The number of thiazole rings is 1. The van der Waals surface area contributed by atoms with E-state index in [0.717, 1.165) is 13.0 Å². The van der Waals surface area contributed by atoms with Crippen molar-refractivity contribution >= 4 is 11.3 Å². The van der Waals surface area contributed by atoms with Crippen LogP contribution in [0.5, 0.6) is 0 Å². The molecule has 2 nitrogen and oxygen atoms in total. The van der Waals surface area contributed by atoms with Crippen molar-refractivity contribution in [2.45, 2.75) is 47.1 Å². The molecule has 3 heteroatoms. The topological polar surface area (TPSA) is 24.9 Å². The second-order valence-corrected chi connectivity index (χ2v) is 6.43. The molecule has 0 aliphatic heterocycles. The van der Waals surface area contributed by atoms with Gasteiger partial charge < -0.3 is 5.32 Å². The standard InChI is InChI=1S/C13H24N2S/c1-10(2)13(5,9-15-11(3)4)8-12-14-6-7-16-12/h6-7,10-11,15H,8-9H2,1-5H3. The first kappa shape index (κ1) is 13.7. The molecule has 1 aromatic heterocycles. The Kier molecular flexibility index (Phi) is 4.93. The van der Waals surface area contributed by atoms with Crippen LogP contribution in [-0.2, 0) is 6.42 Å². The van der Waals surface area contributed by atoms with Crippen molar-refractivity contribution in [3.63, 3.8) is 0 Å². The zero-order chi connectivity index (χ0) is 12.2. The lowest BCUT2D eigenvalue weighted by Crippen LogP contribution is -2.40. The molecule has 1 atom stereocenters. The fourth-order valence-corrected chi connectivity index (χ4v) is 2.41. The highest BCUT2D eigenvalue weighted by Crippen LogP contribution is 2.31. The highest BCUT2D eigenvalue weighted by molar-refractivity contribution is 7.09. The lowest BCUT2D eigenvalue weighted by atomic mass is 9.76. The first-order chi connectivity index (χ1) is 7.44. The maximum atomic E-state index is 4.40. The van der Waals surface area contributed by atoms with Crippen molar-refractivity contribution in [2.24, 2.45) is 11.3 Å². The summed E-state index contributed by atoms with van der Waals surface area (Å²) in [4.78, 5) is 4.40. The minimum atomic E-state index is 0.294. The lowest BCUT2D eigenvalue weighted by molar-refractivity contribution is 0.202. The van der Waals surface area contributed by atoms with Crippen molar-refractivity contribution in [1.29, 1.82) is 0 Å². The quantitative estimate of drug-likeness (QED) is 0.825. The van der Waals surface area contributed by atoms with Gasteiger partial charge in [-0.2, -0.15) is 0 Å². The molecule has 0 radical (unpaired) electrons. The molecule has 0 fully saturated rings. The van der Waals surface area contributed by atoms with E-state index in [1.165, 1.54) is 5.01 Å². The van der Waals surface area contributed by atoms with E-state index in [4.69, 9.17) is 0 Å². The third-order valence-electron chi connectivity index (χ3n) is 3.35. The summed E-state index contributed by atoms with van der Waals surface area (Å²) in [5, 5.41) is 6.87. The predicted molar refractivity (Wildman–Crippen MR) is 71.9 cm³/mol. The fourth-order valence-electron chi connectivity index (χ4n) is 1.59. The maximum Gasteiger partial charge on any atom is 0.0930 e. The smallest absolute Gasteiger partial charge is 0.0930 e. The molecule has 0 aromatic carbocycles. The van der Waals surface area contributed by atoms with Gasteiger partial charge in [0, 0.05) is 30.6 Å². The van der Waals surface area contributed by atoms with Gasteiger partial charge in [0.05, 0.1) is 5.01 Å². The maximum absolute atomic E-state index is 4.40. The Balaban J connectivity index is 2.65. The number of hydrogen-bond acceptors (Lipinski definition) is 3. The van der Waals surface area contributed by atoms with E-state index < -0.39 is 0 Å². The minimum Gasteiger partial charge on any atom is -0.314 e. The van der Waals surface area contributed by atoms with Gasteiger partial charge in [0.1, 0.15) is 0 Å². The van der Waals surface area contributed by atoms with Crippen LogP contribution in [0.4, 0.5) is 0 Å². The second kappa shape index (κ2) is 5.78. The summed E-state index contributed by atoms with van der Waals surface area (Å²) in [5.41, 5.74) is 0.294. The van der Waals surface area contributed by atoms with Crippen molar-refractivity contribution in [2.75, 3.05) is 6.54 Å². The summed E-state index contributed by atoms with van der Waals surface area (Å²) >= 11 is 1.76. The van der Waals surface area contributed by atoms with Crippen LogP contribution in [0.3, 0.4) is 0 Å². The Morgan fingerprint density at radius 3 is 2.50 bits per heavy atom. The van der Waals surface area contributed by atoms with E-state index in [1.54, 1.807) is 11.3 Å². The highest BCUT2D eigenvalue weighted by Gasteiger charge is 2.29. The van der Waals surface area contributed by atoms with E-state index >= 15 is 0 Å². The molecular formula is C13H24N2S. The average molecular weight is 240 g/mol. The SMILES string of the molecule is CC(C)NCC(C)(Cc1nccs1)C(C)C. The van der Waals surface area contributed by atoms with Gasteiger partial charge in [-0.3, -0.25) is 0 Å². The summed E-state index contributed by atoms with van der Waals surface area (Å²) in [6, 6.07) is 0.550. The molecule has 1 unspecified atom stereocenters. The van der Waals surface area contributed by atoms with Gasteiger partial charge in [-0.1, -0.05) is 34.6 Å². The fraction of sp³-hybridized carbons (Fsp3) is 0.769. The Morgan fingerprint density at radius 1 is 1.38 bits per heavy atom. The van der Waals surface area contributed by atoms with E-state index in [-0.39, 0.29) is 0 Å². The normalized spacial score (nSPS) is 15.7. The predicted octanol–water partition coefficient (Wildman–Crippen LogP) is 3.35. The van der Waals surface area contributed by atoms with Crippen molar-refractivity contribution in [3.8, 4) is 0 Å². The summed E-state index contributed by atoms with van der Waals surface area (Å²) in [5.74, 6) is 0.655. The first-order valence-electron chi connectivity index (χ1n) is 6.06. The van der Waals surface area contributed by atoms with Crippen LogP contribution < -0.4 is 5.32 Å². The summed E-state index contributed by atoms with van der Waals surface area (Å²) < 4.78 is 0. The molecule has 0 spiro atoms. The van der Waals surface area contributed by atoms with Crippen molar-refractivity contribution in [3.05, 3.63) is 16.6 Å². The van der Waals surface area contributed by atoms with E-state index in [9.17, 15) is 0 Å². The van der Waals surface area contributed by atoms with Gasteiger partial charge in [0.25, 0.3) is 0 Å². The van der Waals surface area contributed by atoms with Crippen LogP contribution in [0.1, 0.15) is 39.6 Å². The van der Waals surface area contributed by atoms with Crippen LogP contribution in [-0.4, -0.2) is 17.6 Å². The van der Waals surface area contributed by atoms with Crippen LogP contribution in [0.25, 0.3) is 0 Å². The Morgan fingerprint density at radius 2 is 2.06 bits per heavy atom. The van der Waals surface area contributed by atoms with Gasteiger partial charge in [-0.15, -0.1) is 11.3 Å². The Hall–Kier alpha value is -0.410. The number of nitrogens with one attached hydrogen (secondary N) is 1. The molecule has 1 rings (SSSR count). The summed E-state index contributed by atoms with van der Waals surface area (Å²) in [6.45, 7) is 12.4. The molecule has 0 aliphatic carbocycles. The molecule has 92 valence electrons. The van der Waals surface area contributed by atoms with Crippen molar-refractivity contribution in [1.82, 2.24) is 10.3 Å². The second-order valence-electron chi connectivity index (χ2n) is 5.45. The van der Waals surface area contributed by atoms with E-state index in [1.807, 2.05) is 6.20 Å². The van der Waals surface area contributed by atoms with Crippen LogP contribution >= 0.6 is 11.3 Å². The molecule has 0 amide bonds. The lowest BCUT2D eigenvalue weighted by Gasteiger charge is -2.34. The molecule has 0 aliphatic rings. The van der Waals surface area contributed by atoms with Gasteiger partial charge in [-0.05, 0) is 11.3 Å². The molecule has 1 aromatic rings. The Bertz CT molecular complexity index is 293. The summed E-state index contributed by atoms with van der Waals surface area (Å²) in [6.07, 6.45) is 2.97. The molecule has 16 heavy (non-hydrogen) atoms. The van der Waals surface area contributed by atoms with Gasteiger partial charge in [-0.25, -0.2) is 4.98 Å². The minimum absolute atomic E-state index is 0.294. The van der Waals surface area contributed by atoms with Crippen molar-refractivity contribution < 1.29 is 0 Å². The van der Waals surface area contributed by atoms with Crippen LogP contribution in [0.15, 0.2) is 11.6 Å². The number of nitrogens with zero attached hydrogens (tertiary/aromatic N) is 1. The number of hydrogen-bond donors (Lipinski definition) is 1. The molecule has 0 saturated heterocycles. The van der Waals surface area contributed by atoms with Crippen LogP contribution in [0.2, 0.25) is 0 Å². The van der Waals surface area contributed by atoms with E-state index in [2.05, 4.69) is 50.3 Å². The average Bonchev–Trinajstić information content (AvgIpc) is 2.67. The number of rotatable bonds is 6. The zero-order valence-electron chi connectivity index (χ0n) is 11.1. The monoisotopic (exact) mass is 240 g/mol. The number of aromatic nitrogens is 1. The zero-order valence-corrected chi connectivity index (χ0v) is 11.9. The molecule has 0 bridgehead atoms. The van der Waals surface area contributed by atoms with Gasteiger partial charge >= 0.3 is 0 Å². The summed E-state index contributed by atoms with van der Waals surface area (Å²) in [7, 11) is 0. The van der Waals surface area contributed by atoms with Crippen LogP contribution in [0, 0.1) is 11.3 Å².